The maximum atomic E-state index is 11.2. The van der Waals surface area contributed by atoms with Crippen molar-refractivity contribution in [3.05, 3.63) is 76.4 Å². The van der Waals surface area contributed by atoms with Crippen molar-refractivity contribution in [1.29, 1.82) is 0 Å². The molecule has 0 aliphatic carbocycles. The summed E-state index contributed by atoms with van der Waals surface area (Å²) in [6, 6.07) is 16.2. The molecule has 0 aliphatic rings. The van der Waals surface area contributed by atoms with Gasteiger partial charge in [-0.25, -0.2) is 4.98 Å². The van der Waals surface area contributed by atoms with Gasteiger partial charge in [0.25, 0.3) is 0 Å². The third-order valence-electron chi connectivity index (χ3n) is 5.32. The summed E-state index contributed by atoms with van der Waals surface area (Å²) >= 11 is 13.7. The molecule has 0 radical (unpaired) electrons. The summed E-state index contributed by atoms with van der Waals surface area (Å²) < 4.78 is 16.0. The van der Waals surface area contributed by atoms with Gasteiger partial charge < -0.3 is 14.2 Å². The summed E-state index contributed by atoms with van der Waals surface area (Å²) in [5, 5.41) is 0.901. The summed E-state index contributed by atoms with van der Waals surface area (Å²) in [7, 11) is 4.61. The molecule has 0 bridgehead atoms. The quantitative estimate of drug-likeness (QED) is 0.268. The predicted octanol–water partition coefficient (Wildman–Crippen LogP) is 6.62. The lowest BCUT2D eigenvalue weighted by atomic mass is 9.99. The van der Waals surface area contributed by atoms with E-state index in [2.05, 4.69) is 9.97 Å². The molecule has 0 spiro atoms. The van der Waals surface area contributed by atoms with Crippen molar-refractivity contribution in [2.45, 2.75) is 0 Å². The van der Waals surface area contributed by atoms with Crippen LogP contribution >= 0.6 is 23.2 Å². The van der Waals surface area contributed by atoms with Gasteiger partial charge in [-0.2, -0.15) is 0 Å². The molecular weight excluding hydrogens is 475 g/mol. The molecule has 0 atom stereocenters. The number of aldehydes is 1. The molecule has 0 N–H and O–H groups in total. The molecule has 0 saturated carbocycles. The fourth-order valence-electron chi connectivity index (χ4n) is 3.63. The van der Waals surface area contributed by atoms with E-state index in [1.807, 2.05) is 30.3 Å². The average Bonchev–Trinajstić information content (AvgIpc) is 2.88. The number of carbonyl (C=O) groups excluding carboxylic acids is 1. The number of methoxy groups -OCH3 is 3. The molecule has 2 aromatic heterocycles. The number of aromatic nitrogens is 2. The molecule has 0 saturated heterocycles. The van der Waals surface area contributed by atoms with Gasteiger partial charge in [0, 0.05) is 28.5 Å². The second-order valence-electron chi connectivity index (χ2n) is 7.17. The van der Waals surface area contributed by atoms with Crippen LogP contribution < -0.4 is 14.2 Å². The van der Waals surface area contributed by atoms with E-state index in [0.717, 1.165) is 5.56 Å². The zero-order valence-electron chi connectivity index (χ0n) is 18.6. The summed E-state index contributed by atoms with van der Waals surface area (Å²) in [6.45, 7) is 0. The van der Waals surface area contributed by atoms with Gasteiger partial charge in [0.15, 0.2) is 17.8 Å². The Balaban J connectivity index is 1.82. The lowest BCUT2D eigenvalue weighted by Crippen LogP contribution is -1.97. The minimum atomic E-state index is 0.228. The molecular formula is C26H20Cl2N2O4. The lowest BCUT2D eigenvalue weighted by molar-refractivity contribution is 0.112. The molecule has 34 heavy (non-hydrogen) atoms. The molecule has 8 heteroatoms. The van der Waals surface area contributed by atoms with Gasteiger partial charge in [-0.05, 0) is 36.4 Å². The Morgan fingerprint density at radius 1 is 0.794 bits per heavy atom. The van der Waals surface area contributed by atoms with Crippen molar-refractivity contribution in [1.82, 2.24) is 9.97 Å². The van der Waals surface area contributed by atoms with Gasteiger partial charge in [-0.3, -0.25) is 9.78 Å². The van der Waals surface area contributed by atoms with Crippen molar-refractivity contribution in [2.75, 3.05) is 21.3 Å². The molecule has 2 aromatic carbocycles. The number of rotatable bonds is 7. The van der Waals surface area contributed by atoms with E-state index in [1.54, 1.807) is 44.7 Å². The third-order valence-corrected chi connectivity index (χ3v) is 6.11. The van der Waals surface area contributed by atoms with E-state index >= 15 is 0 Å². The fourth-order valence-corrected chi connectivity index (χ4v) is 4.28. The van der Waals surface area contributed by atoms with Crippen LogP contribution in [0.4, 0.5) is 0 Å². The minimum Gasteiger partial charge on any atom is -0.493 e. The Morgan fingerprint density at radius 3 is 2.24 bits per heavy atom. The monoisotopic (exact) mass is 494 g/mol. The van der Waals surface area contributed by atoms with Gasteiger partial charge in [-0.1, -0.05) is 41.4 Å². The van der Waals surface area contributed by atoms with Crippen LogP contribution in [-0.2, 0) is 0 Å². The third kappa shape index (κ3) is 4.30. The van der Waals surface area contributed by atoms with Crippen molar-refractivity contribution < 1.29 is 19.0 Å². The topological polar surface area (TPSA) is 70.5 Å². The number of nitrogens with zero attached hydrogens (tertiary/aromatic N) is 2. The van der Waals surface area contributed by atoms with Crippen LogP contribution in [0.25, 0.3) is 33.6 Å². The largest absolute Gasteiger partial charge is 0.493 e. The van der Waals surface area contributed by atoms with Crippen LogP contribution in [-0.4, -0.2) is 37.6 Å². The Bertz CT molecular complexity index is 1380. The number of ether oxygens (including phenoxy) is 3. The predicted molar refractivity (Wildman–Crippen MR) is 133 cm³/mol. The number of hydrogen-bond acceptors (Lipinski definition) is 6. The van der Waals surface area contributed by atoms with Crippen molar-refractivity contribution >= 4 is 29.5 Å². The van der Waals surface area contributed by atoms with Crippen molar-refractivity contribution in [3.63, 3.8) is 0 Å². The van der Waals surface area contributed by atoms with Crippen LogP contribution in [0, 0.1) is 0 Å². The summed E-state index contributed by atoms with van der Waals surface area (Å²) in [6.07, 6.45) is 2.37. The Morgan fingerprint density at radius 2 is 1.53 bits per heavy atom. The van der Waals surface area contributed by atoms with Crippen LogP contribution in [0.3, 0.4) is 0 Å². The Labute approximate surface area is 207 Å². The standard InChI is InChI=1S/C26H20Cl2N2O4/c1-32-21-10-8-15(13-22(21)33-2)25-24(28)18(11-12-29-25)17-5-4-6-19(23(17)27)20-9-7-16(14-31)26(30-20)34-3/h4-14H,1-3H3. The Hall–Kier alpha value is -3.61. The molecule has 6 nitrogen and oxygen atoms in total. The summed E-state index contributed by atoms with van der Waals surface area (Å²) in [5.41, 5.74) is 4.38. The number of pyridine rings is 2. The number of benzene rings is 2. The highest BCUT2D eigenvalue weighted by molar-refractivity contribution is 6.39. The first-order chi connectivity index (χ1) is 16.5. The highest BCUT2D eigenvalue weighted by atomic mass is 35.5. The number of halogens is 2. The van der Waals surface area contributed by atoms with E-state index in [-0.39, 0.29) is 5.88 Å². The first kappa shape index (κ1) is 23.5. The van der Waals surface area contributed by atoms with Crippen molar-refractivity contribution in [3.8, 4) is 51.0 Å². The van der Waals surface area contributed by atoms with Gasteiger partial charge in [0.05, 0.1) is 48.3 Å². The molecule has 0 aliphatic heterocycles. The SMILES string of the molecule is COc1ccc(-c2nccc(-c3cccc(-c4ccc(C=O)c(OC)n4)c3Cl)c2Cl)cc1OC. The molecule has 172 valence electrons. The molecule has 2 heterocycles. The zero-order chi connectivity index (χ0) is 24.2. The normalized spacial score (nSPS) is 10.6. The number of carbonyl (C=O) groups is 1. The first-order valence-electron chi connectivity index (χ1n) is 10.2. The fraction of sp³-hybridized carbons (Fsp3) is 0.115. The highest BCUT2D eigenvalue weighted by Gasteiger charge is 2.18. The van der Waals surface area contributed by atoms with Crippen LogP contribution in [0.1, 0.15) is 10.4 Å². The first-order valence-corrected chi connectivity index (χ1v) is 10.9. The molecule has 4 aromatic rings. The molecule has 4 rings (SSSR count). The van der Waals surface area contributed by atoms with Gasteiger partial charge >= 0.3 is 0 Å². The smallest absolute Gasteiger partial charge is 0.224 e. The summed E-state index contributed by atoms with van der Waals surface area (Å²) in [4.78, 5) is 20.1. The maximum Gasteiger partial charge on any atom is 0.224 e. The van der Waals surface area contributed by atoms with Crippen molar-refractivity contribution in [2.24, 2.45) is 0 Å². The second-order valence-corrected chi connectivity index (χ2v) is 7.93. The molecule has 0 unspecified atom stereocenters. The van der Waals surface area contributed by atoms with Crippen LogP contribution in [0.15, 0.2) is 60.8 Å². The second kappa shape index (κ2) is 10.1. The van der Waals surface area contributed by atoms with E-state index in [9.17, 15) is 4.79 Å². The van der Waals surface area contributed by atoms with E-state index in [0.29, 0.717) is 61.5 Å². The lowest BCUT2D eigenvalue weighted by Gasteiger charge is -2.14. The van der Waals surface area contributed by atoms with Crippen LogP contribution in [0.5, 0.6) is 17.4 Å². The highest BCUT2D eigenvalue weighted by Crippen LogP contribution is 2.42. The van der Waals surface area contributed by atoms with Crippen LogP contribution in [0.2, 0.25) is 10.0 Å². The number of hydrogen-bond donors (Lipinski definition) is 0. The molecule has 0 fully saturated rings. The van der Waals surface area contributed by atoms with Gasteiger partial charge in [0.2, 0.25) is 5.88 Å². The average molecular weight is 495 g/mol. The minimum absolute atomic E-state index is 0.228. The zero-order valence-corrected chi connectivity index (χ0v) is 20.1. The van der Waals surface area contributed by atoms with Gasteiger partial charge in [-0.15, -0.1) is 0 Å². The van der Waals surface area contributed by atoms with E-state index in [4.69, 9.17) is 37.4 Å². The van der Waals surface area contributed by atoms with Gasteiger partial charge in [0.1, 0.15) is 0 Å². The summed E-state index contributed by atoms with van der Waals surface area (Å²) in [5.74, 6) is 1.41. The Kier molecular flexibility index (Phi) is 7.01. The van der Waals surface area contributed by atoms with E-state index < -0.39 is 0 Å². The van der Waals surface area contributed by atoms with E-state index in [1.165, 1.54) is 7.11 Å². The maximum absolute atomic E-state index is 11.2. The molecule has 0 amide bonds.